The maximum Gasteiger partial charge on any atom is 0.325 e. The molecule has 1 aromatic rings. The molecule has 0 spiro atoms. The van der Waals surface area contributed by atoms with Gasteiger partial charge in [0.15, 0.2) is 5.54 Å². The largest absolute Gasteiger partial charge is 0.325 e. The van der Waals surface area contributed by atoms with E-state index in [2.05, 4.69) is 44.7 Å². The molecule has 7 heteroatoms. The quantitative estimate of drug-likeness (QED) is 0.441. The maximum atomic E-state index is 13.8. The molecular weight excluding hydrogens is 416 g/mol. The van der Waals surface area contributed by atoms with Crippen molar-refractivity contribution in [1.29, 1.82) is 0 Å². The number of imide groups is 1. The van der Waals surface area contributed by atoms with Crippen molar-refractivity contribution in [2.75, 3.05) is 7.05 Å². The molecule has 2 heterocycles. The van der Waals surface area contributed by atoms with Crippen LogP contribution in [0.25, 0.3) is 5.57 Å². The van der Waals surface area contributed by atoms with Crippen molar-refractivity contribution >= 4 is 17.5 Å². The minimum Gasteiger partial charge on any atom is -0.319 e. The minimum absolute atomic E-state index is 0.229. The number of aromatic nitrogens is 2. The monoisotopic (exact) mass is 454 g/mol. The van der Waals surface area contributed by atoms with E-state index in [4.69, 9.17) is 0 Å². The van der Waals surface area contributed by atoms with Gasteiger partial charge in [0.25, 0.3) is 11.5 Å². The van der Waals surface area contributed by atoms with Crippen LogP contribution >= 0.6 is 0 Å². The fraction of sp³-hybridized carbons (Fsp3) is 0.538. The topological polar surface area (TPSA) is 84.3 Å². The zero-order valence-electron chi connectivity index (χ0n) is 21.3. The first-order chi connectivity index (χ1) is 15.3. The van der Waals surface area contributed by atoms with E-state index in [1.165, 1.54) is 17.8 Å². The van der Waals surface area contributed by atoms with Gasteiger partial charge < -0.3 is 5.32 Å². The number of rotatable bonds is 9. The first kappa shape index (κ1) is 26.3. The Morgan fingerprint density at radius 3 is 2.36 bits per heavy atom. The molecular formula is C26H38N4O3. The molecule has 1 aliphatic rings. The van der Waals surface area contributed by atoms with E-state index in [9.17, 15) is 14.4 Å². The Balaban J connectivity index is 2.81. The molecule has 0 aromatic carbocycles. The van der Waals surface area contributed by atoms with Crippen molar-refractivity contribution in [1.82, 2.24) is 20.0 Å². The van der Waals surface area contributed by atoms with E-state index in [0.717, 1.165) is 23.3 Å². The van der Waals surface area contributed by atoms with Crippen LogP contribution in [-0.2, 0) is 11.8 Å². The van der Waals surface area contributed by atoms with E-state index in [-0.39, 0.29) is 11.5 Å². The Hall–Kier alpha value is -2.96. The van der Waals surface area contributed by atoms with E-state index < -0.39 is 17.0 Å². The summed E-state index contributed by atoms with van der Waals surface area (Å²) < 4.78 is 1.26. The van der Waals surface area contributed by atoms with Crippen LogP contribution in [0.15, 0.2) is 46.9 Å². The highest BCUT2D eigenvalue weighted by molar-refractivity contribution is 6.10. The predicted molar refractivity (Wildman–Crippen MR) is 133 cm³/mol. The molecule has 0 radical (unpaired) electrons. The van der Waals surface area contributed by atoms with Gasteiger partial charge in [-0.1, -0.05) is 52.3 Å². The third-order valence-electron chi connectivity index (χ3n) is 6.96. The molecule has 0 saturated carbocycles. The lowest BCUT2D eigenvalue weighted by Crippen LogP contribution is -2.60. The number of hydrogen-bond acceptors (Lipinski definition) is 4. The van der Waals surface area contributed by atoms with Crippen LogP contribution in [0.3, 0.4) is 0 Å². The number of amides is 3. The molecule has 1 aromatic heterocycles. The summed E-state index contributed by atoms with van der Waals surface area (Å²) in [4.78, 5) is 40.0. The van der Waals surface area contributed by atoms with Gasteiger partial charge >= 0.3 is 6.03 Å². The molecule has 0 bridgehead atoms. The Labute approximate surface area is 197 Å². The molecule has 2 atom stereocenters. The fourth-order valence-corrected chi connectivity index (χ4v) is 4.46. The number of urea groups is 1. The van der Waals surface area contributed by atoms with Crippen LogP contribution in [-0.4, -0.2) is 39.2 Å². The number of hydrogen-bond donors (Lipinski definition) is 1. The van der Waals surface area contributed by atoms with Gasteiger partial charge in [-0.3, -0.25) is 14.5 Å². The van der Waals surface area contributed by atoms with Crippen molar-refractivity contribution in [3.05, 3.63) is 58.1 Å². The second kappa shape index (κ2) is 9.89. The average Bonchev–Trinajstić information content (AvgIpc) is 2.99. The highest BCUT2D eigenvalue weighted by atomic mass is 16.2. The average molecular weight is 455 g/mol. The third-order valence-corrected chi connectivity index (χ3v) is 6.96. The van der Waals surface area contributed by atoms with E-state index in [0.29, 0.717) is 29.0 Å². The molecule has 1 fully saturated rings. The molecule has 1 aliphatic heterocycles. The van der Waals surface area contributed by atoms with Crippen molar-refractivity contribution in [3.63, 3.8) is 0 Å². The predicted octanol–water partition coefficient (Wildman–Crippen LogP) is 4.46. The summed E-state index contributed by atoms with van der Waals surface area (Å²) in [6, 6.07) is 1.09. The zero-order chi connectivity index (χ0) is 25.1. The number of nitrogens with one attached hydrogen (secondary N) is 1. The smallest absolute Gasteiger partial charge is 0.319 e. The normalized spacial score (nSPS) is 21.4. The SMILES string of the molecule is C=C(C)C(=CC(=CC)c1cnn(C)c(=O)c1)C1(C(C)(CC)CCC(C)C)NC(=O)N(C)C1=O. The summed E-state index contributed by atoms with van der Waals surface area (Å²) in [7, 11) is 3.10. The van der Waals surface area contributed by atoms with Crippen LogP contribution in [0.1, 0.15) is 66.4 Å². The highest BCUT2D eigenvalue weighted by Gasteiger charge is 2.61. The molecule has 3 amide bonds. The van der Waals surface area contributed by atoms with Gasteiger partial charge in [0.1, 0.15) is 0 Å². The van der Waals surface area contributed by atoms with Crippen LogP contribution in [0.2, 0.25) is 0 Å². The first-order valence-electron chi connectivity index (χ1n) is 11.5. The summed E-state index contributed by atoms with van der Waals surface area (Å²) in [6.07, 6.45) is 7.72. The van der Waals surface area contributed by atoms with Crippen LogP contribution < -0.4 is 10.9 Å². The maximum absolute atomic E-state index is 13.8. The van der Waals surface area contributed by atoms with Gasteiger partial charge in [0, 0.05) is 31.1 Å². The molecule has 2 unspecified atom stereocenters. The number of allylic oxidation sites excluding steroid dienone is 3. The minimum atomic E-state index is -1.27. The van der Waals surface area contributed by atoms with Gasteiger partial charge in [-0.2, -0.15) is 5.10 Å². The van der Waals surface area contributed by atoms with Gasteiger partial charge in [-0.15, -0.1) is 0 Å². The first-order valence-corrected chi connectivity index (χ1v) is 11.5. The molecule has 2 rings (SSSR count). The van der Waals surface area contributed by atoms with Crippen molar-refractivity contribution in [2.45, 2.75) is 66.3 Å². The van der Waals surface area contributed by atoms with Gasteiger partial charge in [0.05, 0.1) is 6.20 Å². The van der Waals surface area contributed by atoms with E-state index in [1.54, 1.807) is 13.2 Å². The zero-order valence-corrected chi connectivity index (χ0v) is 21.3. The van der Waals surface area contributed by atoms with Crippen molar-refractivity contribution < 1.29 is 9.59 Å². The fourth-order valence-electron chi connectivity index (χ4n) is 4.46. The number of carbonyl (C=O) groups is 2. The van der Waals surface area contributed by atoms with Crippen LogP contribution in [0.4, 0.5) is 4.79 Å². The lowest BCUT2D eigenvalue weighted by atomic mass is 9.60. The second-order valence-corrected chi connectivity index (χ2v) is 9.68. The summed E-state index contributed by atoms with van der Waals surface area (Å²) in [6.45, 7) is 16.3. The number of likely N-dealkylation sites (N-methyl/N-ethyl adjacent to an activating group) is 1. The Kier molecular flexibility index (Phi) is 7.88. The third kappa shape index (κ3) is 4.72. The molecule has 33 heavy (non-hydrogen) atoms. The lowest BCUT2D eigenvalue weighted by molar-refractivity contribution is -0.133. The molecule has 0 aliphatic carbocycles. The summed E-state index contributed by atoms with van der Waals surface area (Å²) in [5.41, 5.74) is 0.647. The van der Waals surface area contributed by atoms with E-state index >= 15 is 0 Å². The Morgan fingerprint density at radius 1 is 1.30 bits per heavy atom. The summed E-state index contributed by atoms with van der Waals surface area (Å²) in [5.74, 6) is 0.167. The molecule has 1 saturated heterocycles. The van der Waals surface area contributed by atoms with Gasteiger partial charge in [0.2, 0.25) is 0 Å². The molecule has 180 valence electrons. The molecule has 1 N–H and O–H groups in total. The van der Waals surface area contributed by atoms with Gasteiger partial charge in [-0.05, 0) is 49.8 Å². The lowest BCUT2D eigenvalue weighted by Gasteiger charge is -2.46. The van der Waals surface area contributed by atoms with Gasteiger partial charge in [-0.25, -0.2) is 9.48 Å². The number of nitrogens with zero attached hydrogens (tertiary/aromatic N) is 3. The van der Waals surface area contributed by atoms with Crippen molar-refractivity contribution in [2.24, 2.45) is 18.4 Å². The highest BCUT2D eigenvalue weighted by Crippen LogP contribution is 2.49. The second-order valence-electron chi connectivity index (χ2n) is 9.68. The van der Waals surface area contributed by atoms with E-state index in [1.807, 2.05) is 26.0 Å². The molecule has 7 nitrogen and oxygen atoms in total. The summed E-state index contributed by atoms with van der Waals surface area (Å²) in [5, 5.41) is 7.20. The van der Waals surface area contributed by atoms with Crippen LogP contribution in [0.5, 0.6) is 0 Å². The number of aryl methyl sites for hydroxylation is 1. The van der Waals surface area contributed by atoms with Crippen molar-refractivity contribution in [3.8, 4) is 0 Å². The summed E-state index contributed by atoms with van der Waals surface area (Å²) >= 11 is 0. The van der Waals surface area contributed by atoms with Crippen LogP contribution in [0, 0.1) is 11.3 Å². The Morgan fingerprint density at radius 2 is 1.94 bits per heavy atom. The standard InChI is InChI=1S/C26H38N4O3/c1-10-19(20-15-22(31)30(9)27-16-20)14-21(18(5)6)26(23(32)29(8)24(33)28-26)25(7,11-2)13-12-17(3)4/h10,14-17H,5,11-13H2,1-4,6-9H3,(H,28,33). The number of carbonyl (C=O) groups excluding carboxylic acids is 2. The Bertz CT molecular complexity index is 1070.